The lowest BCUT2D eigenvalue weighted by Gasteiger charge is -2.19. The van der Waals surface area contributed by atoms with Crippen molar-refractivity contribution in [1.29, 1.82) is 0 Å². The monoisotopic (exact) mass is 274 g/mol. The van der Waals surface area contributed by atoms with E-state index in [1.165, 1.54) is 4.90 Å². The van der Waals surface area contributed by atoms with E-state index < -0.39 is 0 Å². The van der Waals surface area contributed by atoms with Crippen LogP contribution in [0.15, 0.2) is 30.5 Å². The average molecular weight is 274 g/mol. The Morgan fingerprint density at radius 3 is 2.70 bits per heavy atom. The van der Waals surface area contributed by atoms with Gasteiger partial charge in [0.05, 0.1) is 12.2 Å². The zero-order valence-corrected chi connectivity index (χ0v) is 11.7. The number of amides is 1. The summed E-state index contributed by atoms with van der Waals surface area (Å²) in [5.41, 5.74) is 1.48. The Bertz CT molecular complexity index is 618. The molecule has 2 aromatic rings. The summed E-state index contributed by atoms with van der Waals surface area (Å²) in [5.74, 6) is -0.555. The van der Waals surface area contributed by atoms with Crippen LogP contribution in [-0.4, -0.2) is 41.5 Å². The number of carbonyl (C=O) groups is 2. The summed E-state index contributed by atoms with van der Waals surface area (Å²) in [6.45, 7) is 4.33. The molecule has 1 aromatic heterocycles. The second-order valence-corrected chi connectivity index (χ2v) is 4.37. The van der Waals surface area contributed by atoms with Gasteiger partial charge in [-0.1, -0.05) is 18.2 Å². The lowest BCUT2D eigenvalue weighted by atomic mass is 10.1. The highest BCUT2D eigenvalue weighted by atomic mass is 16.5. The summed E-state index contributed by atoms with van der Waals surface area (Å²) in [6, 6.07) is 7.59. The molecule has 0 radical (unpaired) electrons. The smallest absolute Gasteiger partial charge is 0.325 e. The van der Waals surface area contributed by atoms with Crippen molar-refractivity contribution in [2.45, 2.75) is 13.8 Å². The van der Waals surface area contributed by atoms with E-state index in [0.717, 1.165) is 10.9 Å². The van der Waals surface area contributed by atoms with E-state index in [-0.39, 0.29) is 18.4 Å². The molecule has 1 aromatic carbocycles. The minimum atomic E-state index is -0.387. The number of likely N-dealkylation sites (N-methyl/N-ethyl adjacent to an activating group) is 1. The molecule has 1 N–H and O–H groups in total. The number of ether oxygens (including phenoxy) is 1. The first kappa shape index (κ1) is 14.1. The summed E-state index contributed by atoms with van der Waals surface area (Å²) in [4.78, 5) is 28.6. The third-order valence-corrected chi connectivity index (χ3v) is 3.11. The summed E-state index contributed by atoms with van der Waals surface area (Å²) in [7, 11) is 0. The molecule has 0 saturated carbocycles. The molecule has 20 heavy (non-hydrogen) atoms. The maximum Gasteiger partial charge on any atom is 0.325 e. The van der Waals surface area contributed by atoms with Crippen LogP contribution >= 0.6 is 0 Å². The molecule has 5 nitrogen and oxygen atoms in total. The van der Waals surface area contributed by atoms with E-state index in [9.17, 15) is 9.59 Å². The summed E-state index contributed by atoms with van der Waals surface area (Å²) >= 11 is 0. The largest absolute Gasteiger partial charge is 0.465 e. The molecule has 0 unspecified atom stereocenters. The van der Waals surface area contributed by atoms with E-state index in [1.807, 2.05) is 31.2 Å². The second-order valence-electron chi connectivity index (χ2n) is 4.37. The molecular weight excluding hydrogens is 256 g/mol. The van der Waals surface area contributed by atoms with Crippen molar-refractivity contribution < 1.29 is 14.3 Å². The van der Waals surface area contributed by atoms with Crippen molar-refractivity contribution in [2.75, 3.05) is 19.7 Å². The van der Waals surface area contributed by atoms with Gasteiger partial charge < -0.3 is 14.6 Å². The van der Waals surface area contributed by atoms with E-state index in [4.69, 9.17) is 4.74 Å². The molecule has 0 aliphatic rings. The number of aromatic nitrogens is 1. The Morgan fingerprint density at radius 1 is 1.25 bits per heavy atom. The van der Waals surface area contributed by atoms with Gasteiger partial charge in [-0.15, -0.1) is 0 Å². The molecule has 1 amide bonds. The third kappa shape index (κ3) is 2.82. The predicted octanol–water partition coefficient (Wildman–Crippen LogP) is 2.19. The number of H-pyrrole nitrogens is 1. The van der Waals surface area contributed by atoms with Crippen LogP contribution in [0.2, 0.25) is 0 Å². The fourth-order valence-corrected chi connectivity index (χ4v) is 2.11. The van der Waals surface area contributed by atoms with Gasteiger partial charge in [0, 0.05) is 23.6 Å². The van der Waals surface area contributed by atoms with Gasteiger partial charge in [-0.2, -0.15) is 0 Å². The molecular formula is C15H18N2O3. The van der Waals surface area contributed by atoms with E-state index in [0.29, 0.717) is 18.7 Å². The van der Waals surface area contributed by atoms with Gasteiger partial charge in [-0.25, -0.2) is 0 Å². The first-order chi connectivity index (χ1) is 9.67. The number of nitrogens with one attached hydrogen (secondary N) is 1. The normalized spacial score (nSPS) is 10.5. The highest BCUT2D eigenvalue weighted by Gasteiger charge is 2.20. The molecule has 1 heterocycles. The number of esters is 1. The number of aromatic amines is 1. The molecule has 0 spiro atoms. The van der Waals surface area contributed by atoms with Gasteiger partial charge >= 0.3 is 5.97 Å². The van der Waals surface area contributed by atoms with Crippen molar-refractivity contribution in [2.24, 2.45) is 0 Å². The lowest BCUT2D eigenvalue weighted by molar-refractivity contribution is -0.143. The van der Waals surface area contributed by atoms with Gasteiger partial charge in [0.15, 0.2) is 0 Å². The summed E-state index contributed by atoms with van der Waals surface area (Å²) in [6.07, 6.45) is 1.68. The van der Waals surface area contributed by atoms with Gasteiger partial charge in [0.2, 0.25) is 0 Å². The molecule has 0 fully saturated rings. The van der Waals surface area contributed by atoms with Crippen LogP contribution in [0, 0.1) is 0 Å². The molecule has 0 aliphatic carbocycles. The van der Waals surface area contributed by atoms with E-state index >= 15 is 0 Å². The summed E-state index contributed by atoms with van der Waals surface area (Å²) < 4.78 is 4.89. The molecule has 0 aliphatic heterocycles. The number of hydrogen-bond acceptors (Lipinski definition) is 3. The molecule has 106 valence electrons. The van der Waals surface area contributed by atoms with Crippen LogP contribution in [0.3, 0.4) is 0 Å². The van der Waals surface area contributed by atoms with Gasteiger partial charge in [-0.05, 0) is 19.9 Å². The van der Waals surface area contributed by atoms with Crippen molar-refractivity contribution >= 4 is 22.8 Å². The van der Waals surface area contributed by atoms with Crippen molar-refractivity contribution in [3.63, 3.8) is 0 Å². The Labute approximate surface area is 117 Å². The Morgan fingerprint density at radius 2 is 2.00 bits per heavy atom. The number of para-hydroxylation sites is 1. The number of nitrogens with zero attached hydrogens (tertiary/aromatic N) is 1. The molecule has 2 rings (SSSR count). The first-order valence-corrected chi connectivity index (χ1v) is 6.68. The predicted molar refractivity (Wildman–Crippen MR) is 76.5 cm³/mol. The third-order valence-electron chi connectivity index (χ3n) is 3.11. The number of hydrogen-bond donors (Lipinski definition) is 1. The van der Waals surface area contributed by atoms with Crippen LogP contribution in [-0.2, 0) is 9.53 Å². The van der Waals surface area contributed by atoms with Crippen molar-refractivity contribution in [1.82, 2.24) is 9.88 Å². The molecule has 0 saturated heterocycles. The maximum atomic E-state index is 12.5. The Hall–Kier alpha value is -2.30. The highest BCUT2D eigenvalue weighted by Crippen LogP contribution is 2.19. The van der Waals surface area contributed by atoms with Crippen LogP contribution in [0.4, 0.5) is 0 Å². The van der Waals surface area contributed by atoms with Crippen molar-refractivity contribution in [3.05, 3.63) is 36.0 Å². The van der Waals surface area contributed by atoms with E-state index in [1.54, 1.807) is 13.1 Å². The minimum absolute atomic E-state index is 0.0251. The highest BCUT2D eigenvalue weighted by molar-refractivity contribution is 6.07. The average Bonchev–Trinajstić information content (AvgIpc) is 2.88. The van der Waals surface area contributed by atoms with Crippen LogP contribution < -0.4 is 0 Å². The zero-order chi connectivity index (χ0) is 14.5. The van der Waals surface area contributed by atoms with Crippen molar-refractivity contribution in [3.8, 4) is 0 Å². The Kier molecular flexibility index (Phi) is 4.40. The molecule has 5 heteroatoms. The fraction of sp³-hybridized carbons (Fsp3) is 0.333. The molecule has 0 atom stereocenters. The summed E-state index contributed by atoms with van der Waals surface area (Å²) in [5, 5.41) is 0.861. The number of fused-ring (bicyclic) bond motifs is 1. The van der Waals surface area contributed by atoms with E-state index in [2.05, 4.69) is 4.98 Å². The quantitative estimate of drug-likeness (QED) is 0.850. The standard InChI is InChI=1S/C15H18N2O3/c1-3-17(10-14(18)20-4-2)15(19)12-9-16-13-8-6-5-7-11(12)13/h5-9,16H,3-4,10H2,1-2H3. The fourth-order valence-electron chi connectivity index (χ4n) is 2.11. The first-order valence-electron chi connectivity index (χ1n) is 6.68. The van der Waals surface area contributed by atoms with Crippen LogP contribution in [0.1, 0.15) is 24.2 Å². The second kappa shape index (κ2) is 6.23. The number of carbonyl (C=O) groups excluding carboxylic acids is 2. The van der Waals surface area contributed by atoms with Crippen LogP contribution in [0.5, 0.6) is 0 Å². The number of rotatable bonds is 5. The zero-order valence-electron chi connectivity index (χ0n) is 11.7. The van der Waals surface area contributed by atoms with Gasteiger partial charge in [-0.3, -0.25) is 9.59 Å². The topological polar surface area (TPSA) is 62.4 Å². The number of benzene rings is 1. The van der Waals surface area contributed by atoms with Gasteiger partial charge in [0.25, 0.3) is 5.91 Å². The maximum absolute atomic E-state index is 12.5. The molecule has 0 bridgehead atoms. The lowest BCUT2D eigenvalue weighted by Crippen LogP contribution is -2.36. The minimum Gasteiger partial charge on any atom is -0.465 e. The van der Waals surface area contributed by atoms with Crippen LogP contribution in [0.25, 0.3) is 10.9 Å². The van der Waals surface area contributed by atoms with Gasteiger partial charge in [0.1, 0.15) is 6.54 Å². The SMILES string of the molecule is CCOC(=O)CN(CC)C(=O)c1c[nH]c2ccccc12. The Balaban J connectivity index is 2.22.